The van der Waals surface area contributed by atoms with Crippen molar-refractivity contribution >= 4 is 27.5 Å². The van der Waals surface area contributed by atoms with Crippen LogP contribution in [-0.2, 0) is 0 Å². The molecule has 0 aliphatic rings. The fraction of sp³-hybridized carbons (Fsp3) is 0.136. The van der Waals surface area contributed by atoms with Crippen molar-refractivity contribution in [1.29, 1.82) is 0 Å². The third kappa shape index (κ3) is 3.53. The number of nitrogens with one attached hydrogen (secondary N) is 1. The predicted octanol–water partition coefficient (Wildman–Crippen LogP) is 3.83. The first-order valence-corrected chi connectivity index (χ1v) is 9.94. The fourth-order valence-corrected chi connectivity index (χ4v) is 4.25. The van der Waals surface area contributed by atoms with E-state index in [9.17, 15) is 9.59 Å². The Bertz CT molecular complexity index is 1270. The zero-order valence-corrected chi connectivity index (χ0v) is 17.4. The first-order valence-electron chi connectivity index (χ1n) is 9.12. The quantitative estimate of drug-likeness (QED) is 0.530. The molecule has 152 valence electrons. The van der Waals surface area contributed by atoms with Gasteiger partial charge in [-0.25, -0.2) is 9.66 Å². The highest BCUT2D eigenvalue weighted by Crippen LogP contribution is 2.35. The first-order chi connectivity index (χ1) is 14.5. The lowest BCUT2D eigenvalue weighted by Crippen LogP contribution is -2.33. The number of methoxy groups -OCH3 is 2. The molecule has 0 aliphatic carbocycles. The molecule has 30 heavy (non-hydrogen) atoms. The normalized spacial score (nSPS) is 10.8. The summed E-state index contributed by atoms with van der Waals surface area (Å²) in [6.45, 7) is 1.96. The van der Waals surface area contributed by atoms with Gasteiger partial charge in [0.15, 0.2) is 0 Å². The molecule has 2 aromatic heterocycles. The first kappa shape index (κ1) is 19.7. The maximum absolute atomic E-state index is 13.2. The second-order valence-corrected chi connectivity index (χ2v) is 7.74. The number of nitrogens with zero attached hydrogens (tertiary/aromatic N) is 2. The zero-order chi connectivity index (χ0) is 21.3. The Labute approximate surface area is 176 Å². The molecule has 0 atom stereocenters. The van der Waals surface area contributed by atoms with Crippen LogP contribution in [-0.4, -0.2) is 29.8 Å². The molecule has 2 heterocycles. The smallest absolute Gasteiger partial charge is 0.281 e. The Kier molecular flexibility index (Phi) is 5.24. The van der Waals surface area contributed by atoms with E-state index in [-0.39, 0.29) is 5.56 Å². The van der Waals surface area contributed by atoms with Gasteiger partial charge in [0, 0.05) is 22.1 Å². The van der Waals surface area contributed by atoms with E-state index in [1.165, 1.54) is 31.9 Å². The number of fused-ring (bicyclic) bond motifs is 1. The summed E-state index contributed by atoms with van der Waals surface area (Å²) >= 11 is 1.45. The van der Waals surface area contributed by atoms with Gasteiger partial charge in [-0.05, 0) is 24.6 Å². The van der Waals surface area contributed by atoms with Crippen molar-refractivity contribution in [2.24, 2.45) is 0 Å². The molecule has 0 radical (unpaired) electrons. The molecule has 7 nitrogen and oxygen atoms in total. The molecule has 0 bridgehead atoms. The Hall–Kier alpha value is -3.65. The maximum atomic E-state index is 13.2. The van der Waals surface area contributed by atoms with E-state index in [2.05, 4.69) is 10.4 Å². The standard InChI is InChI=1S/C22H19N3O4S/c1-13-18(14-7-5-4-6-8-14)19-21(30-13)23-12-25(22(19)27)24-20(26)15-9-16(28-2)11-17(10-15)29-3/h4-12H,1-3H3,(H,24,26). The summed E-state index contributed by atoms with van der Waals surface area (Å²) in [5.41, 5.74) is 4.32. The minimum Gasteiger partial charge on any atom is -0.497 e. The third-order valence-electron chi connectivity index (χ3n) is 4.69. The number of ether oxygens (including phenoxy) is 2. The van der Waals surface area contributed by atoms with E-state index in [4.69, 9.17) is 9.47 Å². The number of aryl methyl sites for hydroxylation is 1. The van der Waals surface area contributed by atoms with E-state index < -0.39 is 5.91 Å². The van der Waals surface area contributed by atoms with Crippen LogP contribution < -0.4 is 20.5 Å². The summed E-state index contributed by atoms with van der Waals surface area (Å²) in [5, 5.41) is 0.481. The van der Waals surface area contributed by atoms with Crippen LogP contribution >= 0.6 is 11.3 Å². The molecule has 1 amide bonds. The number of benzene rings is 2. The Morgan fingerprint density at radius 3 is 2.37 bits per heavy atom. The van der Waals surface area contributed by atoms with Crippen LogP contribution in [0.5, 0.6) is 11.5 Å². The summed E-state index contributed by atoms with van der Waals surface area (Å²) in [4.78, 5) is 32.0. The number of thiophene rings is 1. The number of carbonyl (C=O) groups excluding carboxylic acids is 1. The van der Waals surface area contributed by atoms with E-state index in [1.807, 2.05) is 37.3 Å². The van der Waals surface area contributed by atoms with E-state index in [0.29, 0.717) is 27.3 Å². The molecule has 0 spiro atoms. The van der Waals surface area contributed by atoms with E-state index in [1.54, 1.807) is 18.2 Å². The van der Waals surface area contributed by atoms with Gasteiger partial charge in [0.05, 0.1) is 19.6 Å². The molecule has 0 fully saturated rings. The highest BCUT2D eigenvalue weighted by molar-refractivity contribution is 7.19. The van der Waals surface area contributed by atoms with Crippen LogP contribution in [0.25, 0.3) is 21.3 Å². The minimum absolute atomic E-state index is 0.294. The average Bonchev–Trinajstić information content (AvgIpc) is 3.12. The number of hydrogen-bond acceptors (Lipinski definition) is 6. The number of aromatic nitrogens is 2. The van der Waals surface area contributed by atoms with Crippen molar-refractivity contribution in [3.8, 4) is 22.6 Å². The number of rotatable bonds is 5. The molecule has 0 aliphatic heterocycles. The van der Waals surface area contributed by atoms with Crippen molar-refractivity contribution in [3.05, 3.63) is 75.7 Å². The van der Waals surface area contributed by atoms with Gasteiger partial charge in [-0.3, -0.25) is 15.0 Å². The van der Waals surface area contributed by atoms with Gasteiger partial charge >= 0.3 is 0 Å². The molecule has 0 saturated heterocycles. The molecule has 2 aromatic carbocycles. The van der Waals surface area contributed by atoms with Gasteiger partial charge in [0.25, 0.3) is 11.5 Å². The van der Waals surface area contributed by atoms with E-state index >= 15 is 0 Å². The Balaban J connectivity index is 1.77. The second-order valence-electron chi connectivity index (χ2n) is 6.54. The van der Waals surface area contributed by atoms with Crippen LogP contribution in [0.3, 0.4) is 0 Å². The van der Waals surface area contributed by atoms with Gasteiger partial charge in [0.1, 0.15) is 22.7 Å². The minimum atomic E-state index is -0.483. The molecule has 4 rings (SSSR count). The predicted molar refractivity (Wildman–Crippen MR) is 117 cm³/mol. The fourth-order valence-electron chi connectivity index (χ4n) is 3.25. The zero-order valence-electron chi connectivity index (χ0n) is 16.6. The van der Waals surface area contributed by atoms with Gasteiger partial charge in [-0.15, -0.1) is 11.3 Å². The summed E-state index contributed by atoms with van der Waals surface area (Å²) in [5.74, 6) is 0.462. The van der Waals surface area contributed by atoms with Crippen LogP contribution in [0.15, 0.2) is 59.7 Å². The SMILES string of the molecule is COc1cc(OC)cc(C(=O)Nn2cnc3sc(C)c(-c4ccccc4)c3c2=O)c1. The third-order valence-corrected chi connectivity index (χ3v) is 5.70. The topological polar surface area (TPSA) is 82.4 Å². The number of hydrogen-bond donors (Lipinski definition) is 1. The van der Waals surface area contributed by atoms with Crippen molar-refractivity contribution in [3.63, 3.8) is 0 Å². The Morgan fingerprint density at radius 2 is 1.73 bits per heavy atom. The van der Waals surface area contributed by atoms with E-state index in [0.717, 1.165) is 20.7 Å². The maximum Gasteiger partial charge on any atom is 0.281 e. The molecule has 0 unspecified atom stereocenters. The average molecular weight is 421 g/mol. The van der Waals surface area contributed by atoms with Crippen molar-refractivity contribution in [2.45, 2.75) is 6.92 Å². The monoisotopic (exact) mass is 421 g/mol. The second kappa shape index (κ2) is 8.00. The van der Waals surface area contributed by atoms with Crippen LogP contribution in [0.4, 0.5) is 0 Å². The molecule has 8 heteroatoms. The highest BCUT2D eigenvalue weighted by atomic mass is 32.1. The lowest BCUT2D eigenvalue weighted by molar-refractivity contribution is 0.101. The number of carbonyl (C=O) groups is 1. The van der Waals surface area contributed by atoms with Gasteiger partial charge in [-0.2, -0.15) is 0 Å². The largest absolute Gasteiger partial charge is 0.497 e. The lowest BCUT2D eigenvalue weighted by Gasteiger charge is -2.11. The van der Waals surface area contributed by atoms with Crippen molar-refractivity contribution in [2.75, 3.05) is 19.6 Å². The van der Waals surface area contributed by atoms with Crippen LogP contribution in [0.1, 0.15) is 15.2 Å². The van der Waals surface area contributed by atoms with Crippen molar-refractivity contribution in [1.82, 2.24) is 9.66 Å². The summed E-state index contributed by atoms with van der Waals surface area (Å²) in [7, 11) is 3.01. The lowest BCUT2D eigenvalue weighted by atomic mass is 10.0. The summed E-state index contributed by atoms with van der Waals surface area (Å²) in [6.07, 6.45) is 1.32. The van der Waals surface area contributed by atoms with Crippen LogP contribution in [0, 0.1) is 6.92 Å². The van der Waals surface area contributed by atoms with Crippen molar-refractivity contribution < 1.29 is 14.3 Å². The molecular weight excluding hydrogens is 402 g/mol. The molecule has 4 aromatic rings. The summed E-state index contributed by atoms with van der Waals surface area (Å²) < 4.78 is 11.5. The van der Waals surface area contributed by atoms with Gasteiger partial charge < -0.3 is 9.47 Å². The number of amides is 1. The van der Waals surface area contributed by atoms with Crippen LogP contribution in [0.2, 0.25) is 0 Å². The van der Waals surface area contributed by atoms with Gasteiger partial charge in [0.2, 0.25) is 0 Å². The summed E-state index contributed by atoms with van der Waals surface area (Å²) in [6, 6.07) is 14.5. The Morgan fingerprint density at radius 1 is 1.07 bits per heavy atom. The molecule has 0 saturated carbocycles. The highest BCUT2D eigenvalue weighted by Gasteiger charge is 2.18. The molecular formula is C22H19N3O4S. The van der Waals surface area contributed by atoms with Gasteiger partial charge in [-0.1, -0.05) is 30.3 Å². The molecule has 1 N–H and O–H groups in total.